The van der Waals surface area contributed by atoms with Gasteiger partial charge in [0.15, 0.2) is 0 Å². The summed E-state index contributed by atoms with van der Waals surface area (Å²) in [5, 5.41) is 2.97. The van der Waals surface area contributed by atoms with Gasteiger partial charge in [0.05, 0.1) is 0 Å². The highest BCUT2D eigenvalue weighted by Gasteiger charge is 2.30. The van der Waals surface area contributed by atoms with Crippen LogP contribution in [0.25, 0.3) is 0 Å². The Balaban J connectivity index is 1.82. The fourth-order valence-corrected chi connectivity index (χ4v) is 4.48. The molecule has 3 rings (SSSR count). The molecule has 0 aliphatic heterocycles. The molecule has 34 heavy (non-hydrogen) atoms. The lowest BCUT2D eigenvalue weighted by Gasteiger charge is -2.31. The largest absolute Gasteiger partial charge is 0.354 e. The molecular formula is C28H31FN2O2S. The lowest BCUT2D eigenvalue weighted by atomic mass is 10.0. The number of nitrogens with one attached hydrogen (secondary N) is 1. The molecule has 178 valence electrons. The van der Waals surface area contributed by atoms with Crippen LogP contribution in [0.1, 0.15) is 30.9 Å². The normalized spacial score (nSPS) is 11.6. The molecule has 2 amide bonds. The Morgan fingerprint density at radius 2 is 1.56 bits per heavy atom. The lowest BCUT2D eigenvalue weighted by Crippen LogP contribution is -2.50. The molecule has 1 atom stereocenters. The van der Waals surface area contributed by atoms with E-state index in [1.54, 1.807) is 28.8 Å². The highest BCUT2D eigenvalue weighted by Crippen LogP contribution is 2.21. The van der Waals surface area contributed by atoms with Crippen molar-refractivity contribution in [1.82, 2.24) is 10.2 Å². The molecule has 0 radical (unpaired) electrons. The zero-order chi connectivity index (χ0) is 24.2. The zero-order valence-corrected chi connectivity index (χ0v) is 20.3. The van der Waals surface area contributed by atoms with E-state index in [0.717, 1.165) is 22.4 Å². The van der Waals surface area contributed by atoms with E-state index >= 15 is 0 Å². The Bertz CT molecular complexity index is 1030. The highest BCUT2D eigenvalue weighted by atomic mass is 32.2. The van der Waals surface area contributed by atoms with Crippen LogP contribution >= 0.6 is 11.8 Å². The van der Waals surface area contributed by atoms with Crippen molar-refractivity contribution in [2.45, 2.75) is 43.7 Å². The molecule has 6 heteroatoms. The van der Waals surface area contributed by atoms with E-state index in [4.69, 9.17) is 0 Å². The Kier molecular flexibility index (Phi) is 10.2. The molecular weight excluding hydrogens is 447 g/mol. The minimum absolute atomic E-state index is 0.0969. The number of halogens is 1. The second-order valence-corrected chi connectivity index (χ2v) is 9.22. The summed E-state index contributed by atoms with van der Waals surface area (Å²) in [7, 11) is 0. The average molecular weight is 479 g/mol. The van der Waals surface area contributed by atoms with Gasteiger partial charge in [-0.1, -0.05) is 67.6 Å². The summed E-state index contributed by atoms with van der Waals surface area (Å²) in [6.07, 6.45) is 1.52. The van der Waals surface area contributed by atoms with Gasteiger partial charge in [-0.2, -0.15) is 0 Å². The van der Waals surface area contributed by atoms with Crippen molar-refractivity contribution in [3.63, 3.8) is 0 Å². The average Bonchev–Trinajstić information content (AvgIpc) is 2.87. The molecule has 0 spiro atoms. The second kappa shape index (κ2) is 13.6. The van der Waals surface area contributed by atoms with Crippen LogP contribution in [-0.4, -0.2) is 35.1 Å². The van der Waals surface area contributed by atoms with Gasteiger partial charge in [-0.3, -0.25) is 9.59 Å². The number of carbonyl (C=O) groups excluding carboxylic acids is 2. The van der Waals surface area contributed by atoms with E-state index in [0.29, 0.717) is 25.1 Å². The highest BCUT2D eigenvalue weighted by molar-refractivity contribution is 7.99. The Morgan fingerprint density at radius 3 is 2.21 bits per heavy atom. The monoisotopic (exact) mass is 478 g/mol. The van der Waals surface area contributed by atoms with E-state index in [1.807, 2.05) is 67.6 Å². The number of benzene rings is 3. The Hall–Kier alpha value is -3.12. The molecule has 0 bridgehead atoms. The van der Waals surface area contributed by atoms with Gasteiger partial charge >= 0.3 is 0 Å². The molecule has 0 aromatic heterocycles. The number of rotatable bonds is 12. The fraction of sp³-hybridized carbons (Fsp3) is 0.286. The van der Waals surface area contributed by atoms with E-state index in [9.17, 15) is 14.0 Å². The number of thioether (sulfide) groups is 1. The van der Waals surface area contributed by atoms with Crippen LogP contribution in [0.15, 0.2) is 89.8 Å². The molecule has 1 N–H and O–H groups in total. The van der Waals surface area contributed by atoms with Crippen molar-refractivity contribution >= 4 is 23.6 Å². The summed E-state index contributed by atoms with van der Waals surface area (Å²) in [6, 6.07) is 25.1. The molecule has 3 aromatic rings. The molecule has 0 saturated heterocycles. The van der Waals surface area contributed by atoms with Crippen LogP contribution in [0.3, 0.4) is 0 Å². The predicted molar refractivity (Wildman–Crippen MR) is 136 cm³/mol. The van der Waals surface area contributed by atoms with E-state index in [2.05, 4.69) is 5.32 Å². The Morgan fingerprint density at radius 1 is 0.912 bits per heavy atom. The third-order valence-electron chi connectivity index (χ3n) is 5.41. The van der Waals surface area contributed by atoms with Crippen molar-refractivity contribution in [2.75, 3.05) is 12.3 Å². The van der Waals surface area contributed by atoms with Gasteiger partial charge in [0.1, 0.15) is 11.9 Å². The third-order valence-corrected chi connectivity index (χ3v) is 6.43. The summed E-state index contributed by atoms with van der Waals surface area (Å²) in [5.41, 5.74) is 1.77. The second-order valence-electron chi connectivity index (χ2n) is 8.06. The predicted octanol–water partition coefficient (Wildman–Crippen LogP) is 5.47. The van der Waals surface area contributed by atoms with Crippen LogP contribution in [0, 0.1) is 5.82 Å². The minimum atomic E-state index is -0.659. The number of carbonyl (C=O) groups is 2. The summed E-state index contributed by atoms with van der Waals surface area (Å²) < 4.78 is 13.5. The van der Waals surface area contributed by atoms with Crippen molar-refractivity contribution in [3.8, 4) is 0 Å². The SMILES string of the molecule is CCCNC(=O)[C@H](Cc1ccccc1)N(Cc1ccc(F)cc1)C(=O)CCSc1ccccc1. The molecule has 0 heterocycles. The van der Waals surface area contributed by atoms with Gasteiger partial charge in [0, 0.05) is 36.6 Å². The zero-order valence-electron chi connectivity index (χ0n) is 19.5. The van der Waals surface area contributed by atoms with Crippen LogP contribution < -0.4 is 5.32 Å². The van der Waals surface area contributed by atoms with Crippen LogP contribution in [-0.2, 0) is 22.6 Å². The smallest absolute Gasteiger partial charge is 0.243 e. The first-order chi connectivity index (χ1) is 16.6. The Labute approximate surface area is 205 Å². The van der Waals surface area contributed by atoms with Crippen LogP contribution in [0.5, 0.6) is 0 Å². The number of hydrogen-bond donors (Lipinski definition) is 1. The summed E-state index contributed by atoms with van der Waals surface area (Å²) in [6.45, 7) is 2.79. The van der Waals surface area contributed by atoms with E-state index in [-0.39, 0.29) is 24.2 Å². The van der Waals surface area contributed by atoms with Gasteiger partial charge < -0.3 is 10.2 Å². The van der Waals surface area contributed by atoms with Crippen molar-refractivity contribution < 1.29 is 14.0 Å². The van der Waals surface area contributed by atoms with Crippen molar-refractivity contribution in [3.05, 3.63) is 102 Å². The number of nitrogens with zero attached hydrogens (tertiary/aromatic N) is 1. The number of hydrogen-bond acceptors (Lipinski definition) is 3. The number of amides is 2. The maximum Gasteiger partial charge on any atom is 0.243 e. The van der Waals surface area contributed by atoms with Gasteiger partial charge in [0.25, 0.3) is 0 Å². The van der Waals surface area contributed by atoms with Crippen molar-refractivity contribution in [2.24, 2.45) is 0 Å². The molecule has 0 unspecified atom stereocenters. The van der Waals surface area contributed by atoms with Gasteiger partial charge in [-0.05, 0) is 41.8 Å². The molecule has 0 fully saturated rings. The maximum atomic E-state index is 13.5. The quantitative estimate of drug-likeness (QED) is 0.351. The third kappa shape index (κ3) is 8.03. The molecule has 0 saturated carbocycles. The first kappa shape index (κ1) is 25.5. The van der Waals surface area contributed by atoms with Gasteiger partial charge in [0.2, 0.25) is 11.8 Å². The van der Waals surface area contributed by atoms with Gasteiger partial charge in [-0.25, -0.2) is 4.39 Å². The molecule has 0 aliphatic rings. The van der Waals surface area contributed by atoms with Crippen LogP contribution in [0.4, 0.5) is 4.39 Å². The minimum Gasteiger partial charge on any atom is -0.354 e. The van der Waals surface area contributed by atoms with Crippen molar-refractivity contribution in [1.29, 1.82) is 0 Å². The first-order valence-corrected chi connectivity index (χ1v) is 12.6. The molecule has 0 aliphatic carbocycles. The summed E-state index contributed by atoms with van der Waals surface area (Å²) in [5.74, 6) is 0.0110. The lowest BCUT2D eigenvalue weighted by molar-refractivity contribution is -0.141. The van der Waals surface area contributed by atoms with E-state index < -0.39 is 6.04 Å². The summed E-state index contributed by atoms with van der Waals surface area (Å²) >= 11 is 1.61. The maximum absolute atomic E-state index is 13.5. The standard InChI is InChI=1S/C28H31FN2O2S/c1-2-18-30-28(33)26(20-22-9-5-3-6-10-22)31(21-23-13-15-24(29)16-14-23)27(32)17-19-34-25-11-7-4-8-12-25/h3-16,26H,2,17-21H2,1H3,(H,30,33)/t26-/m0/s1. The van der Waals surface area contributed by atoms with Gasteiger partial charge in [-0.15, -0.1) is 11.8 Å². The summed E-state index contributed by atoms with van der Waals surface area (Å²) in [4.78, 5) is 29.4. The fourth-order valence-electron chi connectivity index (χ4n) is 3.62. The van der Waals surface area contributed by atoms with Crippen LogP contribution in [0.2, 0.25) is 0 Å². The first-order valence-electron chi connectivity index (χ1n) is 11.6. The van der Waals surface area contributed by atoms with E-state index in [1.165, 1.54) is 12.1 Å². The molecule has 3 aromatic carbocycles. The molecule has 4 nitrogen and oxygen atoms in total. The topological polar surface area (TPSA) is 49.4 Å².